The van der Waals surface area contributed by atoms with E-state index in [9.17, 15) is 19.2 Å². The molecular formula is C62H41Cl2N9O7. The summed E-state index contributed by atoms with van der Waals surface area (Å²) in [6.45, 7) is 0. The van der Waals surface area contributed by atoms with E-state index in [4.69, 9.17) is 52.4 Å². The van der Waals surface area contributed by atoms with Crippen LogP contribution in [0.15, 0.2) is 186 Å². The monoisotopic (exact) mass is 1090 g/mol. The minimum atomic E-state index is -0.896. The molecule has 7 heterocycles. The van der Waals surface area contributed by atoms with E-state index in [1.54, 1.807) is 55.9 Å². The molecule has 0 unspecified atom stereocenters. The van der Waals surface area contributed by atoms with Gasteiger partial charge in [0.05, 0.1) is 59.3 Å². The van der Waals surface area contributed by atoms with E-state index in [1.165, 1.54) is 25.4 Å². The summed E-state index contributed by atoms with van der Waals surface area (Å²) in [6.07, 6.45) is 3.93. The normalized spacial score (nSPS) is 11.2. The Labute approximate surface area is 464 Å². The van der Waals surface area contributed by atoms with E-state index in [2.05, 4.69) is 30.6 Å². The predicted octanol–water partition coefficient (Wildman–Crippen LogP) is 13.1. The summed E-state index contributed by atoms with van der Waals surface area (Å²) >= 11 is 13.9. The molecule has 7 aromatic heterocycles. The van der Waals surface area contributed by atoms with Crippen molar-refractivity contribution in [3.63, 3.8) is 0 Å². The Bertz CT molecular complexity index is 4560. The van der Waals surface area contributed by atoms with Crippen LogP contribution in [-0.4, -0.2) is 61.1 Å². The lowest BCUT2D eigenvalue weighted by atomic mass is 9.95. The van der Waals surface area contributed by atoms with Crippen LogP contribution in [-0.2, 0) is 11.2 Å². The minimum Gasteiger partial charge on any atom is -0.497 e. The number of rotatable bonds is 12. The van der Waals surface area contributed by atoms with Crippen LogP contribution in [0.5, 0.6) is 17.4 Å². The first-order valence-electron chi connectivity index (χ1n) is 24.8. The average molecular weight is 1090 g/mol. The maximum atomic E-state index is 13.6. The number of aromatic amines is 2. The van der Waals surface area contributed by atoms with Gasteiger partial charge in [-0.1, -0.05) is 96.0 Å². The van der Waals surface area contributed by atoms with Crippen molar-refractivity contribution in [1.29, 1.82) is 0 Å². The van der Waals surface area contributed by atoms with Crippen LogP contribution in [0, 0.1) is 0 Å². The first-order chi connectivity index (χ1) is 38.9. The number of carbonyl (C=O) groups excluding carboxylic acids is 2. The highest BCUT2D eigenvalue weighted by atomic mass is 35.5. The van der Waals surface area contributed by atoms with Crippen LogP contribution in [0.2, 0.25) is 10.0 Å². The second kappa shape index (κ2) is 21.3. The highest BCUT2D eigenvalue weighted by Crippen LogP contribution is 2.40. The van der Waals surface area contributed by atoms with Gasteiger partial charge in [-0.15, -0.1) is 0 Å². The Balaban J connectivity index is 0.891. The fraction of sp³-hybridized carbons (Fsp3) is 0.0484. The molecule has 0 aliphatic heterocycles. The fourth-order valence-corrected chi connectivity index (χ4v) is 10.0. The van der Waals surface area contributed by atoms with Crippen molar-refractivity contribution in [1.82, 2.24) is 34.9 Å². The molecule has 80 heavy (non-hydrogen) atoms. The van der Waals surface area contributed by atoms with Crippen LogP contribution in [0.25, 0.3) is 99.8 Å². The van der Waals surface area contributed by atoms with Crippen molar-refractivity contribution in [2.45, 2.75) is 6.42 Å². The summed E-state index contributed by atoms with van der Waals surface area (Å²) in [5.74, 6) is 0.801. The number of benzene rings is 5. The van der Waals surface area contributed by atoms with Gasteiger partial charge in [0.1, 0.15) is 28.4 Å². The molecule has 2 amide bonds. The van der Waals surface area contributed by atoms with Crippen LogP contribution in [0.3, 0.4) is 0 Å². The Morgan fingerprint density at radius 1 is 0.512 bits per heavy atom. The number of pyridine rings is 7. The molecule has 12 aromatic rings. The third kappa shape index (κ3) is 10.2. The number of amides is 2. The topological polar surface area (TPSA) is 216 Å². The highest BCUT2D eigenvalue weighted by molar-refractivity contribution is 6.36. The van der Waals surface area contributed by atoms with Gasteiger partial charge in [-0.3, -0.25) is 29.7 Å². The highest BCUT2D eigenvalue weighted by Gasteiger charge is 2.20. The maximum Gasteiger partial charge on any atom is 0.417 e. The van der Waals surface area contributed by atoms with Crippen molar-refractivity contribution in [3.05, 3.63) is 213 Å². The van der Waals surface area contributed by atoms with E-state index >= 15 is 0 Å². The number of nitrogens with one attached hydrogen (secondary N) is 4. The molecule has 12 rings (SSSR count). The van der Waals surface area contributed by atoms with Crippen LogP contribution >= 0.6 is 23.2 Å². The van der Waals surface area contributed by atoms with Gasteiger partial charge in [-0.05, 0) is 101 Å². The molecule has 5 aromatic carbocycles. The number of carbonyl (C=O) groups is 2. The van der Waals surface area contributed by atoms with Crippen molar-refractivity contribution >= 4 is 90.4 Å². The quantitative estimate of drug-likeness (QED) is 0.0899. The van der Waals surface area contributed by atoms with Gasteiger partial charge < -0.3 is 29.5 Å². The molecule has 390 valence electrons. The zero-order valence-corrected chi connectivity index (χ0v) is 43.8. The Morgan fingerprint density at radius 3 is 1.73 bits per heavy atom. The average Bonchev–Trinajstić information content (AvgIpc) is 3.52. The molecular weight excluding hydrogens is 1050 g/mol. The van der Waals surface area contributed by atoms with Crippen LogP contribution in [0.1, 0.15) is 5.56 Å². The molecule has 0 atom stereocenters. The molecule has 0 radical (unpaired) electrons. The zero-order chi connectivity index (χ0) is 55.0. The second-order valence-electron chi connectivity index (χ2n) is 18.5. The predicted molar refractivity (Wildman–Crippen MR) is 312 cm³/mol. The molecule has 0 aliphatic rings. The lowest BCUT2D eigenvalue weighted by molar-refractivity contribution is -0.115. The number of halogens is 2. The number of aromatic nitrogens is 7. The van der Waals surface area contributed by atoms with E-state index in [0.29, 0.717) is 71.7 Å². The third-order valence-electron chi connectivity index (χ3n) is 13.4. The van der Waals surface area contributed by atoms with Crippen molar-refractivity contribution in [2.75, 3.05) is 24.9 Å². The van der Waals surface area contributed by atoms with Gasteiger partial charge in [-0.2, -0.15) is 0 Å². The number of ether oxygens (including phenoxy) is 3. The Morgan fingerprint density at radius 2 is 1.10 bits per heavy atom. The molecule has 4 N–H and O–H groups in total. The van der Waals surface area contributed by atoms with Gasteiger partial charge >= 0.3 is 6.09 Å². The van der Waals surface area contributed by atoms with Gasteiger partial charge in [-0.25, -0.2) is 19.7 Å². The third-order valence-corrected chi connectivity index (χ3v) is 14.0. The van der Waals surface area contributed by atoms with E-state index in [0.717, 1.165) is 55.3 Å². The maximum absolute atomic E-state index is 13.6. The molecule has 0 spiro atoms. The summed E-state index contributed by atoms with van der Waals surface area (Å²) in [6, 6.07) is 48.0. The summed E-state index contributed by atoms with van der Waals surface area (Å²) in [5.41, 5.74) is 8.75. The molecule has 0 bridgehead atoms. The first-order valence-corrected chi connectivity index (χ1v) is 25.6. The van der Waals surface area contributed by atoms with Crippen molar-refractivity contribution in [3.8, 4) is 73.3 Å². The Hall–Kier alpha value is -10.3. The molecule has 0 fully saturated rings. The van der Waals surface area contributed by atoms with Gasteiger partial charge in [0.15, 0.2) is 5.75 Å². The number of anilines is 2. The molecule has 0 aliphatic carbocycles. The van der Waals surface area contributed by atoms with E-state index in [1.807, 2.05) is 109 Å². The van der Waals surface area contributed by atoms with Gasteiger partial charge in [0.25, 0.3) is 11.1 Å². The SMILES string of the molecule is COc1ccc(CC(=O)Nc2cc3cc(-c4cc(Cl)c5ncccc5c4)c(-c4ccc(-c5cnc6c(Cl)cc(-c7cc8cc(NC(=O)Oc9ccc(OC)nc9)c(=O)[nH]c8nc7-c7ccccc7)cc6c5)cc4)nc3[nH]c2=O)cc1. The first kappa shape index (κ1) is 50.5. The minimum absolute atomic E-state index is 0.0473. The van der Waals surface area contributed by atoms with Gasteiger partial charge in [0, 0.05) is 67.8 Å². The number of hydrogen-bond donors (Lipinski definition) is 4. The van der Waals surface area contributed by atoms with E-state index in [-0.39, 0.29) is 29.5 Å². The van der Waals surface area contributed by atoms with Gasteiger partial charge in [0.2, 0.25) is 11.8 Å². The van der Waals surface area contributed by atoms with Crippen LogP contribution < -0.4 is 36.0 Å². The van der Waals surface area contributed by atoms with Crippen molar-refractivity contribution < 1.29 is 23.8 Å². The smallest absolute Gasteiger partial charge is 0.417 e. The number of fused-ring (bicyclic) bond motifs is 4. The van der Waals surface area contributed by atoms with E-state index < -0.39 is 17.2 Å². The summed E-state index contributed by atoms with van der Waals surface area (Å²) < 4.78 is 15.7. The molecule has 16 nitrogen and oxygen atoms in total. The molecule has 0 saturated carbocycles. The standard InChI is InChI=1S/C62H41Cl2N9O7/c1-78-44-16-10-33(11-17-44)21-52(74)68-50-29-41-25-46(38-22-37-9-6-20-65-56(37)48(63)27-38)55(71-58(41)72-60(50)75)36-14-12-34(13-15-36)43-24-40-23-39(28-49(64)57(40)67-31-43)47-26-42-30-51(69-62(77)80-45-18-19-53(79-2)66-32-45)61(76)73-59(42)70-54(47)35-7-4-3-5-8-35/h3-20,22-32H,21H2,1-2H3,(H,68,74)(H,69,77)(H,70,73,76)(H,71,72,75). The number of nitrogens with zero attached hydrogens (tertiary/aromatic N) is 5. The molecule has 18 heteroatoms. The van der Waals surface area contributed by atoms with Crippen molar-refractivity contribution in [2.24, 2.45) is 0 Å². The summed E-state index contributed by atoms with van der Waals surface area (Å²) in [5, 5.41) is 8.85. The lowest BCUT2D eigenvalue weighted by Gasteiger charge is -2.15. The number of hydrogen-bond acceptors (Lipinski definition) is 12. The summed E-state index contributed by atoms with van der Waals surface area (Å²) in [7, 11) is 3.05. The second-order valence-corrected chi connectivity index (χ2v) is 19.3. The Kier molecular flexibility index (Phi) is 13.4. The lowest BCUT2D eigenvalue weighted by Crippen LogP contribution is -2.22. The fourth-order valence-electron chi connectivity index (χ4n) is 9.49. The number of H-pyrrole nitrogens is 2. The zero-order valence-electron chi connectivity index (χ0n) is 42.3. The largest absolute Gasteiger partial charge is 0.497 e. The summed E-state index contributed by atoms with van der Waals surface area (Å²) in [4.78, 5) is 82.2. The number of methoxy groups -OCH3 is 2. The van der Waals surface area contributed by atoms with Crippen LogP contribution in [0.4, 0.5) is 16.2 Å². The molecule has 0 saturated heterocycles.